The van der Waals surface area contributed by atoms with Crippen molar-refractivity contribution in [1.29, 1.82) is 0 Å². The van der Waals surface area contributed by atoms with Gasteiger partial charge in [0.05, 0.1) is 18.1 Å². The number of carboxylic acids is 1. The topological polar surface area (TPSA) is 74.6 Å². The zero-order valence-corrected chi connectivity index (χ0v) is 19.5. The largest absolute Gasteiger partial charge is 0.497 e. The highest BCUT2D eigenvalue weighted by molar-refractivity contribution is 9.10. The molecule has 0 unspecified atom stereocenters. The number of rotatable bonds is 4. The van der Waals surface area contributed by atoms with Gasteiger partial charge in [0.25, 0.3) is 0 Å². The number of amidine groups is 1. The summed E-state index contributed by atoms with van der Waals surface area (Å²) in [5.41, 5.74) is 0.871. The predicted octanol–water partition coefficient (Wildman–Crippen LogP) is 4.37. The third kappa shape index (κ3) is 4.55. The highest BCUT2D eigenvalue weighted by atomic mass is 79.9. The zero-order valence-electron chi connectivity index (χ0n) is 17.9. The monoisotopic (exact) mass is 487 g/mol. The van der Waals surface area contributed by atoms with Gasteiger partial charge >= 0.3 is 5.97 Å². The van der Waals surface area contributed by atoms with Crippen LogP contribution >= 0.6 is 15.9 Å². The van der Waals surface area contributed by atoms with Crippen molar-refractivity contribution in [2.75, 3.05) is 39.8 Å². The molecule has 2 heterocycles. The number of methoxy groups -OCH3 is 1. The molecule has 7 nitrogen and oxygen atoms in total. The molecule has 1 N–H and O–H groups in total. The van der Waals surface area contributed by atoms with Crippen molar-refractivity contribution in [1.82, 2.24) is 9.80 Å². The van der Waals surface area contributed by atoms with Crippen molar-refractivity contribution >= 4 is 33.4 Å². The van der Waals surface area contributed by atoms with Crippen LogP contribution in [0, 0.1) is 5.41 Å². The van der Waals surface area contributed by atoms with Gasteiger partial charge < -0.3 is 19.5 Å². The molecule has 0 bridgehead atoms. The maximum Gasteiger partial charge on any atom is 0.310 e. The second-order valence-electron chi connectivity index (χ2n) is 8.46. The van der Waals surface area contributed by atoms with Gasteiger partial charge in [-0.15, -0.1) is 0 Å². The average molecular weight is 488 g/mol. The smallest absolute Gasteiger partial charge is 0.310 e. The Kier molecular flexibility index (Phi) is 5.94. The summed E-state index contributed by atoms with van der Waals surface area (Å²) in [6, 6.07) is 11.5. The van der Waals surface area contributed by atoms with Crippen molar-refractivity contribution in [3.05, 3.63) is 46.4 Å². The lowest BCUT2D eigenvalue weighted by molar-refractivity contribution is -0.148. The predicted molar refractivity (Wildman–Crippen MR) is 123 cm³/mol. The van der Waals surface area contributed by atoms with E-state index in [1.165, 1.54) is 0 Å². The molecule has 0 radical (unpaired) electrons. The Hall–Kier alpha value is -2.58. The maximum absolute atomic E-state index is 11.5. The number of aliphatic carboxylic acids is 1. The van der Waals surface area contributed by atoms with Crippen LogP contribution in [0.15, 0.2) is 45.9 Å². The van der Waals surface area contributed by atoms with Gasteiger partial charge in [-0.05, 0) is 50.2 Å². The van der Waals surface area contributed by atoms with Gasteiger partial charge in [-0.2, -0.15) is 0 Å². The van der Waals surface area contributed by atoms with E-state index < -0.39 is 11.4 Å². The van der Waals surface area contributed by atoms with Crippen molar-refractivity contribution in [3.8, 4) is 17.2 Å². The Morgan fingerprint density at radius 1 is 1.16 bits per heavy atom. The number of benzene rings is 2. The molecule has 0 aliphatic carbocycles. The molecule has 2 aliphatic rings. The number of halogens is 1. The molecule has 0 saturated carbocycles. The molecule has 2 aliphatic heterocycles. The SMILES string of the molecule is COc1ccc2c(c1)C(N1CCN(CC(C)(C)C(=O)O)CC1)=Nc1ccc(Br)cc1O2. The number of carboxylic acid groups (broad SMARTS) is 1. The molecular weight excluding hydrogens is 462 g/mol. The molecule has 0 spiro atoms. The quantitative estimate of drug-likeness (QED) is 0.689. The van der Waals surface area contributed by atoms with Crippen LogP contribution in [0.3, 0.4) is 0 Å². The molecule has 2 aromatic rings. The molecule has 0 aromatic heterocycles. The van der Waals surface area contributed by atoms with E-state index in [1.54, 1.807) is 21.0 Å². The van der Waals surface area contributed by atoms with Crippen molar-refractivity contribution in [2.24, 2.45) is 10.4 Å². The van der Waals surface area contributed by atoms with Gasteiger partial charge in [-0.25, -0.2) is 4.99 Å². The van der Waals surface area contributed by atoms with Crippen LogP contribution in [0.25, 0.3) is 0 Å². The summed E-state index contributed by atoms with van der Waals surface area (Å²) in [5.74, 6) is 2.23. The number of carbonyl (C=O) groups is 1. The van der Waals surface area contributed by atoms with Crippen LogP contribution < -0.4 is 9.47 Å². The van der Waals surface area contributed by atoms with Crippen molar-refractivity contribution in [3.63, 3.8) is 0 Å². The number of piperazine rings is 1. The van der Waals surface area contributed by atoms with E-state index in [1.807, 2.05) is 36.4 Å². The number of nitrogens with zero attached hydrogens (tertiary/aromatic N) is 3. The van der Waals surface area contributed by atoms with E-state index in [0.717, 1.165) is 59.2 Å². The number of fused-ring (bicyclic) bond motifs is 2. The first-order valence-electron chi connectivity index (χ1n) is 10.2. The molecule has 1 fully saturated rings. The molecule has 4 rings (SSSR count). The normalized spacial score (nSPS) is 16.5. The second kappa shape index (κ2) is 8.51. The van der Waals surface area contributed by atoms with Crippen LogP contribution in [0.5, 0.6) is 17.2 Å². The van der Waals surface area contributed by atoms with Gasteiger partial charge in [0.15, 0.2) is 5.75 Å². The van der Waals surface area contributed by atoms with Gasteiger partial charge in [0, 0.05) is 37.2 Å². The third-order valence-corrected chi connectivity index (χ3v) is 6.16. The second-order valence-corrected chi connectivity index (χ2v) is 9.38. The van der Waals surface area contributed by atoms with Gasteiger partial charge in [-0.1, -0.05) is 15.9 Å². The first kappa shape index (κ1) is 21.6. The summed E-state index contributed by atoms with van der Waals surface area (Å²) in [6.07, 6.45) is 0. The molecule has 1 saturated heterocycles. The Morgan fingerprint density at radius 3 is 2.58 bits per heavy atom. The van der Waals surface area contributed by atoms with Gasteiger partial charge in [0.1, 0.15) is 23.0 Å². The van der Waals surface area contributed by atoms with Gasteiger partial charge in [-0.3, -0.25) is 9.69 Å². The third-order valence-electron chi connectivity index (χ3n) is 5.67. The standard InChI is InChI=1S/C23H26BrN3O4/c1-23(2,22(28)29)14-26-8-10-27(11-9-26)21-17-13-16(30-3)5-7-19(17)31-20-12-15(24)4-6-18(20)25-21/h4-7,12-13H,8-11,14H2,1-3H3,(H,28,29). The lowest BCUT2D eigenvalue weighted by Gasteiger charge is -2.39. The summed E-state index contributed by atoms with van der Waals surface area (Å²) in [4.78, 5) is 20.9. The Bertz CT molecular complexity index is 1030. The van der Waals surface area contributed by atoms with Gasteiger partial charge in [0.2, 0.25) is 0 Å². The number of hydrogen-bond acceptors (Lipinski definition) is 6. The van der Waals surface area contributed by atoms with Crippen LogP contribution in [0.1, 0.15) is 19.4 Å². The lowest BCUT2D eigenvalue weighted by Crippen LogP contribution is -2.52. The molecule has 31 heavy (non-hydrogen) atoms. The minimum Gasteiger partial charge on any atom is -0.497 e. The molecule has 2 aromatic carbocycles. The summed E-state index contributed by atoms with van der Waals surface area (Å²) >= 11 is 3.50. The first-order valence-corrected chi connectivity index (χ1v) is 11.0. The fourth-order valence-corrected chi connectivity index (χ4v) is 4.18. The number of ether oxygens (including phenoxy) is 2. The summed E-state index contributed by atoms with van der Waals surface area (Å²) < 4.78 is 12.6. The van der Waals surface area contributed by atoms with E-state index in [4.69, 9.17) is 14.5 Å². The highest BCUT2D eigenvalue weighted by Gasteiger charge is 2.32. The summed E-state index contributed by atoms with van der Waals surface area (Å²) in [6.45, 7) is 7.09. The van der Waals surface area contributed by atoms with Crippen LogP contribution in [-0.4, -0.2) is 66.5 Å². The van der Waals surface area contributed by atoms with E-state index in [2.05, 4.69) is 25.7 Å². The maximum atomic E-state index is 11.5. The Morgan fingerprint density at radius 2 is 1.90 bits per heavy atom. The molecular formula is C23H26BrN3O4. The minimum absolute atomic E-state index is 0.521. The Labute approximate surface area is 190 Å². The highest BCUT2D eigenvalue weighted by Crippen LogP contribution is 2.40. The zero-order chi connectivity index (χ0) is 22.2. The summed E-state index contributed by atoms with van der Waals surface area (Å²) in [5, 5.41) is 9.44. The first-order chi connectivity index (χ1) is 14.8. The molecule has 8 heteroatoms. The average Bonchev–Trinajstić information content (AvgIpc) is 2.89. The van der Waals surface area contributed by atoms with Crippen molar-refractivity contribution < 1.29 is 19.4 Å². The van der Waals surface area contributed by atoms with Crippen LogP contribution in [-0.2, 0) is 4.79 Å². The fourth-order valence-electron chi connectivity index (χ4n) is 3.84. The number of aliphatic imine (C=N–C) groups is 1. The van der Waals surface area contributed by atoms with Crippen LogP contribution in [0.4, 0.5) is 5.69 Å². The summed E-state index contributed by atoms with van der Waals surface area (Å²) in [7, 11) is 1.64. The fraction of sp³-hybridized carbons (Fsp3) is 0.391. The lowest BCUT2D eigenvalue weighted by atomic mass is 9.93. The molecule has 0 amide bonds. The number of hydrogen-bond donors (Lipinski definition) is 1. The van der Waals surface area contributed by atoms with E-state index >= 15 is 0 Å². The molecule has 164 valence electrons. The van der Waals surface area contributed by atoms with Crippen LogP contribution in [0.2, 0.25) is 0 Å². The Balaban J connectivity index is 1.64. The minimum atomic E-state index is -0.776. The molecule has 0 atom stereocenters. The van der Waals surface area contributed by atoms with E-state index in [-0.39, 0.29) is 0 Å². The van der Waals surface area contributed by atoms with E-state index in [0.29, 0.717) is 12.3 Å². The van der Waals surface area contributed by atoms with Crippen molar-refractivity contribution in [2.45, 2.75) is 13.8 Å². The van der Waals surface area contributed by atoms with E-state index in [9.17, 15) is 9.90 Å².